The minimum Gasteiger partial charge on any atom is -0.372 e. The Labute approximate surface area is 128 Å². The number of halogens is 4. The van der Waals surface area contributed by atoms with Crippen LogP contribution < -0.4 is 10.6 Å². The van der Waals surface area contributed by atoms with Gasteiger partial charge in [0.2, 0.25) is 0 Å². The first kappa shape index (κ1) is 18.8. The zero-order chi connectivity index (χ0) is 13.4. The van der Waals surface area contributed by atoms with E-state index in [4.69, 9.17) is 0 Å². The van der Waals surface area contributed by atoms with Crippen LogP contribution in [0.5, 0.6) is 0 Å². The van der Waals surface area contributed by atoms with E-state index in [1.54, 1.807) is 7.05 Å². The van der Waals surface area contributed by atoms with Crippen LogP contribution in [-0.4, -0.2) is 45.5 Å². The average molecular weight is 395 g/mol. The van der Waals surface area contributed by atoms with Gasteiger partial charge in [0.15, 0.2) is 5.96 Å². The van der Waals surface area contributed by atoms with E-state index in [0.717, 1.165) is 12.5 Å². The summed E-state index contributed by atoms with van der Waals surface area (Å²) in [6.07, 6.45) is -1.21. The quantitative estimate of drug-likeness (QED) is 0.301. The molecule has 0 bridgehead atoms. The summed E-state index contributed by atoms with van der Waals surface area (Å²) >= 11 is 0. The number of guanidine groups is 1. The van der Waals surface area contributed by atoms with Crippen LogP contribution in [0, 0.1) is 5.92 Å². The summed E-state index contributed by atoms with van der Waals surface area (Å²) < 4.78 is 39.8. The molecule has 1 aliphatic rings. The highest BCUT2D eigenvalue weighted by molar-refractivity contribution is 14.0. The van der Waals surface area contributed by atoms with E-state index < -0.39 is 12.8 Å². The number of hydrogen-bond acceptors (Lipinski definition) is 2. The number of nitrogens with one attached hydrogen (secondary N) is 2. The molecule has 0 aromatic heterocycles. The molecule has 0 amide bonds. The van der Waals surface area contributed by atoms with Crippen molar-refractivity contribution in [3.05, 3.63) is 0 Å². The highest BCUT2D eigenvalue weighted by Crippen LogP contribution is 2.27. The fourth-order valence-corrected chi connectivity index (χ4v) is 1.35. The molecule has 0 unspecified atom stereocenters. The molecular formula is C11H21F3IN3O. The Morgan fingerprint density at radius 1 is 1.32 bits per heavy atom. The number of rotatable bonds is 7. The second kappa shape index (κ2) is 9.62. The van der Waals surface area contributed by atoms with Gasteiger partial charge in [-0.05, 0) is 25.2 Å². The first-order valence-corrected chi connectivity index (χ1v) is 6.10. The number of nitrogens with zero attached hydrogens (tertiary/aromatic N) is 1. The van der Waals surface area contributed by atoms with Crippen molar-refractivity contribution < 1.29 is 17.9 Å². The SMILES string of the molecule is CN=C(NCCCOCC(F)(F)F)NCC1CC1.I. The van der Waals surface area contributed by atoms with Crippen molar-refractivity contribution in [2.24, 2.45) is 10.9 Å². The topological polar surface area (TPSA) is 45.7 Å². The molecular weight excluding hydrogens is 374 g/mol. The highest BCUT2D eigenvalue weighted by atomic mass is 127. The van der Waals surface area contributed by atoms with Gasteiger partial charge in [0, 0.05) is 26.7 Å². The predicted molar refractivity (Wildman–Crippen MR) is 79.0 cm³/mol. The van der Waals surface area contributed by atoms with E-state index >= 15 is 0 Å². The smallest absolute Gasteiger partial charge is 0.372 e. The molecule has 19 heavy (non-hydrogen) atoms. The van der Waals surface area contributed by atoms with Gasteiger partial charge in [-0.3, -0.25) is 4.99 Å². The van der Waals surface area contributed by atoms with Gasteiger partial charge in [-0.25, -0.2) is 0 Å². The number of aliphatic imine (C=N–C) groups is 1. The normalized spacial score (nSPS) is 15.9. The van der Waals surface area contributed by atoms with Gasteiger partial charge in [-0.1, -0.05) is 0 Å². The number of ether oxygens (including phenoxy) is 1. The second-order valence-corrected chi connectivity index (χ2v) is 4.34. The summed E-state index contributed by atoms with van der Waals surface area (Å²) in [5.41, 5.74) is 0. The van der Waals surface area contributed by atoms with Crippen LogP contribution >= 0.6 is 24.0 Å². The van der Waals surface area contributed by atoms with Gasteiger partial charge < -0.3 is 15.4 Å². The molecule has 1 rings (SSSR count). The Kier molecular flexibility index (Phi) is 9.50. The zero-order valence-electron chi connectivity index (χ0n) is 10.9. The number of alkyl halides is 3. The third-order valence-corrected chi connectivity index (χ3v) is 2.50. The molecule has 0 radical (unpaired) electrons. The molecule has 0 aromatic carbocycles. The molecule has 114 valence electrons. The van der Waals surface area contributed by atoms with E-state index in [0.29, 0.717) is 18.9 Å². The maximum Gasteiger partial charge on any atom is 0.411 e. The van der Waals surface area contributed by atoms with Crippen LogP contribution in [0.1, 0.15) is 19.3 Å². The Bertz CT molecular complexity index is 270. The minimum absolute atomic E-state index is 0. The van der Waals surface area contributed by atoms with Crippen LogP contribution in [-0.2, 0) is 4.74 Å². The van der Waals surface area contributed by atoms with Gasteiger partial charge in [-0.2, -0.15) is 13.2 Å². The van der Waals surface area contributed by atoms with Crippen molar-refractivity contribution in [3.8, 4) is 0 Å². The lowest BCUT2D eigenvalue weighted by atomic mass is 10.4. The lowest BCUT2D eigenvalue weighted by Gasteiger charge is -2.11. The summed E-state index contributed by atoms with van der Waals surface area (Å²) in [6.45, 7) is 0.361. The van der Waals surface area contributed by atoms with Crippen molar-refractivity contribution in [3.63, 3.8) is 0 Å². The van der Waals surface area contributed by atoms with E-state index in [1.807, 2.05) is 0 Å². The monoisotopic (exact) mass is 395 g/mol. The molecule has 1 fully saturated rings. The van der Waals surface area contributed by atoms with Gasteiger partial charge >= 0.3 is 6.18 Å². The Morgan fingerprint density at radius 2 is 2.00 bits per heavy atom. The molecule has 2 N–H and O–H groups in total. The van der Waals surface area contributed by atoms with Gasteiger partial charge in [0.05, 0.1) is 0 Å². The van der Waals surface area contributed by atoms with Crippen LogP contribution in [0.15, 0.2) is 4.99 Å². The lowest BCUT2D eigenvalue weighted by molar-refractivity contribution is -0.173. The first-order chi connectivity index (χ1) is 8.51. The predicted octanol–water partition coefficient (Wildman–Crippen LogP) is 2.15. The first-order valence-electron chi connectivity index (χ1n) is 6.10. The Hall–Kier alpha value is -0.250. The second-order valence-electron chi connectivity index (χ2n) is 4.34. The summed E-state index contributed by atoms with van der Waals surface area (Å²) in [4.78, 5) is 4.02. The van der Waals surface area contributed by atoms with Crippen molar-refractivity contribution in [1.82, 2.24) is 10.6 Å². The molecule has 0 aromatic rings. The molecule has 0 saturated heterocycles. The molecule has 0 atom stereocenters. The van der Waals surface area contributed by atoms with E-state index in [-0.39, 0.29) is 30.6 Å². The Morgan fingerprint density at radius 3 is 2.53 bits per heavy atom. The van der Waals surface area contributed by atoms with Gasteiger partial charge in [0.1, 0.15) is 6.61 Å². The van der Waals surface area contributed by atoms with Crippen LogP contribution in [0.4, 0.5) is 13.2 Å². The summed E-state index contributed by atoms with van der Waals surface area (Å²) in [6, 6.07) is 0. The Balaban J connectivity index is 0.00000324. The van der Waals surface area contributed by atoms with Gasteiger partial charge in [0.25, 0.3) is 0 Å². The third-order valence-electron chi connectivity index (χ3n) is 2.50. The summed E-state index contributed by atoms with van der Waals surface area (Å²) in [5, 5.41) is 6.19. The fourth-order valence-electron chi connectivity index (χ4n) is 1.35. The molecule has 8 heteroatoms. The van der Waals surface area contributed by atoms with Crippen LogP contribution in [0.3, 0.4) is 0 Å². The summed E-state index contributed by atoms with van der Waals surface area (Å²) in [5.74, 6) is 1.44. The maximum absolute atomic E-state index is 11.8. The molecule has 0 spiro atoms. The molecule has 0 heterocycles. The van der Waals surface area contributed by atoms with Crippen molar-refractivity contribution in [2.75, 3.05) is 33.4 Å². The van der Waals surface area contributed by atoms with Crippen LogP contribution in [0.25, 0.3) is 0 Å². The minimum atomic E-state index is -4.24. The lowest BCUT2D eigenvalue weighted by Crippen LogP contribution is -2.39. The molecule has 4 nitrogen and oxygen atoms in total. The standard InChI is InChI=1S/C11H20F3N3O.HI/c1-15-10(17-7-9-3-4-9)16-5-2-6-18-8-11(12,13)14;/h9H,2-8H2,1H3,(H2,15,16,17);1H. The zero-order valence-corrected chi connectivity index (χ0v) is 13.3. The van der Waals surface area contributed by atoms with E-state index in [1.165, 1.54) is 12.8 Å². The van der Waals surface area contributed by atoms with Crippen molar-refractivity contribution in [2.45, 2.75) is 25.4 Å². The van der Waals surface area contributed by atoms with Crippen molar-refractivity contribution in [1.29, 1.82) is 0 Å². The largest absolute Gasteiger partial charge is 0.411 e. The van der Waals surface area contributed by atoms with Gasteiger partial charge in [-0.15, -0.1) is 24.0 Å². The van der Waals surface area contributed by atoms with Crippen molar-refractivity contribution >= 4 is 29.9 Å². The third kappa shape index (κ3) is 11.3. The molecule has 1 aliphatic carbocycles. The number of hydrogen-bond donors (Lipinski definition) is 2. The molecule has 1 saturated carbocycles. The maximum atomic E-state index is 11.8. The molecule has 0 aliphatic heterocycles. The van der Waals surface area contributed by atoms with Crippen LogP contribution in [0.2, 0.25) is 0 Å². The average Bonchev–Trinajstić information content (AvgIpc) is 3.09. The van der Waals surface area contributed by atoms with E-state index in [9.17, 15) is 13.2 Å². The fraction of sp³-hybridized carbons (Fsp3) is 0.909. The highest BCUT2D eigenvalue weighted by Gasteiger charge is 2.27. The van der Waals surface area contributed by atoms with E-state index in [2.05, 4.69) is 20.4 Å². The summed E-state index contributed by atoms with van der Waals surface area (Å²) in [7, 11) is 1.67.